The molecule has 0 unspecified atom stereocenters. The predicted molar refractivity (Wildman–Crippen MR) is 55.5 cm³/mol. The van der Waals surface area contributed by atoms with Crippen LogP contribution in [-0.2, 0) is 6.61 Å². The minimum atomic E-state index is -1.25. The number of halogens is 3. The molecular weight excluding hydrogens is 231 g/mol. The van der Waals surface area contributed by atoms with Gasteiger partial charge in [0, 0.05) is 17.8 Å². The Morgan fingerprint density at radius 1 is 1.00 bits per heavy atom. The van der Waals surface area contributed by atoms with Crippen molar-refractivity contribution in [3.8, 4) is 11.3 Å². The molecule has 0 bridgehead atoms. The lowest BCUT2D eigenvalue weighted by molar-refractivity contribution is 0.282. The number of rotatable bonds is 2. The standard InChI is InChI=1S/C12H8F3NO/c13-9-5-11(15)10(14)4-8(9)12-3-7(6-17)1-2-16-12/h1-5,17H,6H2. The fourth-order valence-corrected chi connectivity index (χ4v) is 1.44. The molecule has 2 nitrogen and oxygen atoms in total. The van der Waals surface area contributed by atoms with Crippen LogP contribution in [-0.4, -0.2) is 10.1 Å². The fraction of sp³-hybridized carbons (Fsp3) is 0.0833. The zero-order valence-electron chi connectivity index (χ0n) is 8.62. The molecule has 1 heterocycles. The first-order valence-corrected chi connectivity index (χ1v) is 4.82. The molecule has 1 N–H and O–H groups in total. The van der Waals surface area contributed by atoms with E-state index < -0.39 is 17.5 Å². The summed E-state index contributed by atoms with van der Waals surface area (Å²) in [4.78, 5) is 3.85. The van der Waals surface area contributed by atoms with E-state index in [0.29, 0.717) is 11.6 Å². The summed E-state index contributed by atoms with van der Waals surface area (Å²) < 4.78 is 39.2. The molecule has 0 atom stereocenters. The number of aliphatic hydroxyl groups excluding tert-OH is 1. The minimum absolute atomic E-state index is 0.140. The maximum atomic E-state index is 13.4. The van der Waals surface area contributed by atoms with Crippen molar-refractivity contribution in [2.45, 2.75) is 6.61 Å². The minimum Gasteiger partial charge on any atom is -0.392 e. The molecule has 0 saturated heterocycles. The molecule has 0 aliphatic heterocycles. The molecule has 0 aliphatic rings. The smallest absolute Gasteiger partial charge is 0.161 e. The Kier molecular flexibility index (Phi) is 3.10. The monoisotopic (exact) mass is 239 g/mol. The first-order chi connectivity index (χ1) is 8.11. The van der Waals surface area contributed by atoms with E-state index in [9.17, 15) is 13.2 Å². The highest BCUT2D eigenvalue weighted by Crippen LogP contribution is 2.24. The molecule has 2 rings (SSSR count). The van der Waals surface area contributed by atoms with Crippen molar-refractivity contribution in [1.82, 2.24) is 4.98 Å². The van der Waals surface area contributed by atoms with Crippen LogP contribution in [0, 0.1) is 17.5 Å². The van der Waals surface area contributed by atoms with Crippen molar-refractivity contribution in [2.24, 2.45) is 0 Å². The third-order valence-corrected chi connectivity index (χ3v) is 2.29. The van der Waals surface area contributed by atoms with E-state index >= 15 is 0 Å². The second-order valence-electron chi connectivity index (χ2n) is 3.45. The largest absolute Gasteiger partial charge is 0.392 e. The van der Waals surface area contributed by atoms with Gasteiger partial charge >= 0.3 is 0 Å². The molecule has 0 fully saturated rings. The van der Waals surface area contributed by atoms with Crippen molar-refractivity contribution >= 4 is 0 Å². The summed E-state index contributed by atoms with van der Waals surface area (Å²) in [7, 11) is 0. The summed E-state index contributed by atoms with van der Waals surface area (Å²) in [5, 5.41) is 8.92. The molecule has 1 aromatic heterocycles. The Morgan fingerprint density at radius 2 is 1.71 bits per heavy atom. The van der Waals surface area contributed by atoms with E-state index in [1.165, 1.54) is 12.3 Å². The number of pyridine rings is 1. The molecule has 0 amide bonds. The van der Waals surface area contributed by atoms with Gasteiger partial charge in [-0.3, -0.25) is 4.98 Å². The Hall–Kier alpha value is -1.88. The summed E-state index contributed by atoms with van der Waals surface area (Å²) in [6.45, 7) is -0.235. The number of hydrogen-bond acceptors (Lipinski definition) is 2. The number of benzene rings is 1. The predicted octanol–water partition coefficient (Wildman–Crippen LogP) is 2.66. The summed E-state index contributed by atoms with van der Waals surface area (Å²) in [6, 6.07) is 4.17. The molecule has 88 valence electrons. The highest BCUT2D eigenvalue weighted by molar-refractivity contribution is 5.60. The van der Waals surface area contributed by atoms with Gasteiger partial charge in [-0.1, -0.05) is 0 Å². The molecule has 0 aliphatic carbocycles. The van der Waals surface area contributed by atoms with Gasteiger partial charge in [-0.15, -0.1) is 0 Å². The van der Waals surface area contributed by atoms with E-state index in [-0.39, 0.29) is 17.9 Å². The number of aromatic nitrogens is 1. The molecule has 0 spiro atoms. The normalized spacial score (nSPS) is 10.6. The zero-order valence-corrected chi connectivity index (χ0v) is 8.62. The fourth-order valence-electron chi connectivity index (χ4n) is 1.44. The third-order valence-electron chi connectivity index (χ3n) is 2.29. The lowest BCUT2D eigenvalue weighted by Gasteiger charge is -2.05. The average Bonchev–Trinajstić information content (AvgIpc) is 2.34. The van der Waals surface area contributed by atoms with Gasteiger partial charge in [0.1, 0.15) is 5.82 Å². The van der Waals surface area contributed by atoms with E-state index in [2.05, 4.69) is 4.98 Å². The van der Waals surface area contributed by atoms with Crippen LogP contribution in [0.1, 0.15) is 5.56 Å². The Bertz CT molecular complexity index is 557. The number of aliphatic hydroxyl groups is 1. The summed E-state index contributed by atoms with van der Waals surface area (Å²) >= 11 is 0. The summed E-state index contributed by atoms with van der Waals surface area (Å²) in [5.41, 5.74) is 0.520. The SMILES string of the molecule is OCc1ccnc(-c2cc(F)c(F)cc2F)c1. The van der Waals surface area contributed by atoms with E-state index in [4.69, 9.17) is 5.11 Å². The third kappa shape index (κ3) is 2.29. The van der Waals surface area contributed by atoms with Gasteiger partial charge in [0.15, 0.2) is 11.6 Å². The quantitative estimate of drug-likeness (QED) is 0.817. The maximum absolute atomic E-state index is 13.4. The van der Waals surface area contributed by atoms with Gasteiger partial charge in [0.2, 0.25) is 0 Å². The van der Waals surface area contributed by atoms with Crippen LogP contribution in [0.3, 0.4) is 0 Å². The van der Waals surface area contributed by atoms with Crippen LogP contribution in [0.2, 0.25) is 0 Å². The Morgan fingerprint density at radius 3 is 2.41 bits per heavy atom. The lowest BCUT2D eigenvalue weighted by Crippen LogP contribution is -1.94. The number of hydrogen-bond donors (Lipinski definition) is 1. The van der Waals surface area contributed by atoms with Crippen LogP contribution < -0.4 is 0 Å². The van der Waals surface area contributed by atoms with E-state index in [1.54, 1.807) is 6.07 Å². The average molecular weight is 239 g/mol. The first-order valence-electron chi connectivity index (χ1n) is 4.82. The van der Waals surface area contributed by atoms with Gasteiger partial charge in [0.25, 0.3) is 0 Å². The zero-order chi connectivity index (χ0) is 12.4. The topological polar surface area (TPSA) is 33.1 Å². The van der Waals surface area contributed by atoms with Crippen LogP contribution in [0.25, 0.3) is 11.3 Å². The maximum Gasteiger partial charge on any atom is 0.161 e. The van der Waals surface area contributed by atoms with Crippen LogP contribution in [0.4, 0.5) is 13.2 Å². The van der Waals surface area contributed by atoms with Gasteiger partial charge in [-0.05, 0) is 23.8 Å². The Labute approximate surface area is 95.4 Å². The van der Waals surface area contributed by atoms with Crippen molar-refractivity contribution in [2.75, 3.05) is 0 Å². The molecule has 1 aromatic carbocycles. The van der Waals surface area contributed by atoms with Gasteiger partial charge in [-0.2, -0.15) is 0 Å². The van der Waals surface area contributed by atoms with Gasteiger partial charge in [0.05, 0.1) is 12.3 Å². The van der Waals surface area contributed by atoms with Crippen LogP contribution in [0.15, 0.2) is 30.5 Å². The van der Waals surface area contributed by atoms with Crippen molar-refractivity contribution in [3.05, 3.63) is 53.5 Å². The van der Waals surface area contributed by atoms with Crippen molar-refractivity contribution in [1.29, 1.82) is 0 Å². The van der Waals surface area contributed by atoms with Crippen LogP contribution >= 0.6 is 0 Å². The highest BCUT2D eigenvalue weighted by atomic mass is 19.2. The lowest BCUT2D eigenvalue weighted by atomic mass is 10.1. The first kappa shape index (κ1) is 11.6. The molecular formula is C12H8F3NO. The van der Waals surface area contributed by atoms with E-state index in [1.807, 2.05) is 0 Å². The Balaban J connectivity index is 2.56. The molecule has 0 radical (unpaired) electrons. The van der Waals surface area contributed by atoms with Crippen molar-refractivity contribution in [3.63, 3.8) is 0 Å². The highest BCUT2D eigenvalue weighted by Gasteiger charge is 2.12. The van der Waals surface area contributed by atoms with Gasteiger partial charge < -0.3 is 5.11 Å². The van der Waals surface area contributed by atoms with Crippen molar-refractivity contribution < 1.29 is 18.3 Å². The second kappa shape index (κ2) is 4.55. The molecule has 0 saturated carbocycles. The molecule has 17 heavy (non-hydrogen) atoms. The van der Waals surface area contributed by atoms with Gasteiger partial charge in [-0.25, -0.2) is 13.2 Å². The second-order valence-corrected chi connectivity index (χ2v) is 3.45. The number of nitrogens with zero attached hydrogens (tertiary/aromatic N) is 1. The molecule has 2 aromatic rings. The molecule has 5 heteroatoms. The summed E-state index contributed by atoms with van der Waals surface area (Å²) in [6.07, 6.45) is 1.36. The van der Waals surface area contributed by atoms with E-state index in [0.717, 1.165) is 6.07 Å². The van der Waals surface area contributed by atoms with Crippen LogP contribution in [0.5, 0.6) is 0 Å². The summed E-state index contributed by atoms with van der Waals surface area (Å²) in [5.74, 6) is -3.28.